The Morgan fingerprint density at radius 3 is 2.62 bits per heavy atom. The van der Waals surface area contributed by atoms with Crippen molar-refractivity contribution in [2.45, 2.75) is 32.4 Å². The quantitative estimate of drug-likeness (QED) is 0.651. The zero-order valence-electron chi connectivity index (χ0n) is 15.2. The molecule has 0 saturated carbocycles. The van der Waals surface area contributed by atoms with Crippen LogP contribution in [-0.2, 0) is 20.2 Å². The average molecular weight is 352 g/mol. The molecule has 0 unspecified atom stereocenters. The van der Waals surface area contributed by atoms with Crippen LogP contribution >= 0.6 is 0 Å². The Labute approximate surface area is 154 Å². The fourth-order valence-electron chi connectivity index (χ4n) is 3.93. The first-order valence-electron chi connectivity index (χ1n) is 9.38. The molecule has 3 nitrogen and oxygen atoms in total. The number of rotatable bonds is 5. The molecule has 0 spiro atoms. The number of fused-ring (bicyclic) bond motifs is 1. The number of likely N-dealkylation sites (tertiary alicyclic amines) is 1. The molecule has 2 aromatic carbocycles. The molecule has 26 heavy (non-hydrogen) atoms. The summed E-state index contributed by atoms with van der Waals surface area (Å²) < 4.78 is 21.6. The topological polar surface area (TPSA) is 17.4 Å². The van der Waals surface area contributed by atoms with E-state index in [1.165, 1.54) is 53.6 Å². The second-order valence-corrected chi connectivity index (χ2v) is 7.08. The summed E-state index contributed by atoms with van der Waals surface area (Å²) in [4.78, 5) is 2.54. The summed E-state index contributed by atoms with van der Waals surface area (Å²) in [6.07, 6.45) is 3.89. The molecule has 0 aliphatic carbocycles. The van der Waals surface area contributed by atoms with Gasteiger partial charge in [0.15, 0.2) is 0 Å². The number of para-hydroxylation sites is 1. The first kappa shape index (κ1) is 17.1. The molecule has 1 aliphatic heterocycles. The van der Waals surface area contributed by atoms with Gasteiger partial charge in [0.25, 0.3) is 0 Å². The average Bonchev–Trinajstić information content (AvgIpc) is 2.93. The number of halogens is 1. The van der Waals surface area contributed by atoms with Gasteiger partial charge in [-0.2, -0.15) is 0 Å². The molecule has 4 heteroatoms. The maximum atomic E-state index is 13.4. The van der Waals surface area contributed by atoms with Gasteiger partial charge in [-0.25, -0.2) is 4.39 Å². The zero-order valence-corrected chi connectivity index (χ0v) is 15.2. The Hall–Kier alpha value is -2.33. The van der Waals surface area contributed by atoms with Crippen molar-refractivity contribution >= 4 is 10.9 Å². The molecule has 0 N–H and O–H groups in total. The van der Waals surface area contributed by atoms with E-state index in [2.05, 4.69) is 40.8 Å². The lowest BCUT2D eigenvalue weighted by Crippen LogP contribution is -2.29. The molecule has 1 aromatic heterocycles. The molecule has 4 rings (SSSR count). The van der Waals surface area contributed by atoms with Crippen LogP contribution < -0.4 is 4.74 Å². The van der Waals surface area contributed by atoms with Gasteiger partial charge >= 0.3 is 0 Å². The van der Waals surface area contributed by atoms with Crippen molar-refractivity contribution < 1.29 is 9.13 Å². The van der Waals surface area contributed by atoms with Gasteiger partial charge in [-0.1, -0.05) is 30.7 Å². The maximum absolute atomic E-state index is 13.4. The van der Waals surface area contributed by atoms with Crippen LogP contribution in [0.25, 0.3) is 10.9 Å². The summed E-state index contributed by atoms with van der Waals surface area (Å²) in [7, 11) is 2.09. The lowest BCUT2D eigenvalue weighted by Gasteiger charge is -2.26. The van der Waals surface area contributed by atoms with E-state index in [-0.39, 0.29) is 5.82 Å². The molecule has 2 heterocycles. The number of aryl methyl sites for hydroxylation is 1. The highest BCUT2D eigenvalue weighted by Crippen LogP contribution is 2.28. The van der Waals surface area contributed by atoms with Crippen LogP contribution in [0.1, 0.15) is 30.5 Å². The SMILES string of the molecule is Cn1c(COc2cccc(F)c2)c(CN2CCCCC2)c2ccccc21. The van der Waals surface area contributed by atoms with E-state index in [0.717, 1.165) is 19.6 Å². The predicted molar refractivity (Wildman–Crippen MR) is 103 cm³/mol. The van der Waals surface area contributed by atoms with E-state index in [0.29, 0.717) is 12.4 Å². The number of nitrogens with zero attached hydrogens (tertiary/aromatic N) is 2. The van der Waals surface area contributed by atoms with Gasteiger partial charge in [-0.3, -0.25) is 4.90 Å². The Bertz CT molecular complexity index is 896. The van der Waals surface area contributed by atoms with E-state index in [4.69, 9.17) is 4.74 Å². The van der Waals surface area contributed by atoms with Gasteiger partial charge in [0, 0.05) is 30.6 Å². The summed E-state index contributed by atoms with van der Waals surface area (Å²) >= 11 is 0. The third-order valence-electron chi connectivity index (χ3n) is 5.35. The smallest absolute Gasteiger partial charge is 0.129 e. The highest BCUT2D eigenvalue weighted by Gasteiger charge is 2.19. The van der Waals surface area contributed by atoms with Crippen LogP contribution in [0.5, 0.6) is 5.75 Å². The largest absolute Gasteiger partial charge is 0.487 e. The summed E-state index contributed by atoms with van der Waals surface area (Å²) in [5, 5.41) is 1.29. The normalized spacial score (nSPS) is 15.5. The van der Waals surface area contributed by atoms with E-state index in [1.807, 2.05) is 0 Å². The van der Waals surface area contributed by atoms with Crippen LogP contribution in [0, 0.1) is 5.82 Å². The molecular weight excluding hydrogens is 327 g/mol. The number of piperidine rings is 1. The number of hydrogen-bond acceptors (Lipinski definition) is 2. The summed E-state index contributed by atoms with van der Waals surface area (Å²) in [5.41, 5.74) is 3.72. The number of benzene rings is 2. The first-order chi connectivity index (χ1) is 12.7. The number of aromatic nitrogens is 1. The second-order valence-electron chi connectivity index (χ2n) is 7.08. The van der Waals surface area contributed by atoms with Crippen LogP contribution in [-0.4, -0.2) is 22.6 Å². The summed E-state index contributed by atoms with van der Waals surface area (Å²) in [5.74, 6) is 0.298. The lowest BCUT2D eigenvalue weighted by molar-refractivity contribution is 0.218. The van der Waals surface area contributed by atoms with Crippen molar-refractivity contribution in [1.82, 2.24) is 9.47 Å². The highest BCUT2D eigenvalue weighted by molar-refractivity contribution is 5.85. The molecule has 1 aliphatic rings. The maximum Gasteiger partial charge on any atom is 0.129 e. The van der Waals surface area contributed by atoms with Crippen LogP contribution in [0.3, 0.4) is 0 Å². The third kappa shape index (κ3) is 3.47. The minimum atomic E-state index is -0.270. The minimum Gasteiger partial charge on any atom is -0.487 e. The molecular formula is C22H25FN2O. The number of ether oxygens (including phenoxy) is 1. The Morgan fingerprint density at radius 1 is 1.00 bits per heavy atom. The van der Waals surface area contributed by atoms with E-state index in [1.54, 1.807) is 12.1 Å². The van der Waals surface area contributed by atoms with Gasteiger partial charge < -0.3 is 9.30 Å². The van der Waals surface area contributed by atoms with Crippen molar-refractivity contribution in [2.75, 3.05) is 13.1 Å². The van der Waals surface area contributed by atoms with E-state index in [9.17, 15) is 4.39 Å². The van der Waals surface area contributed by atoms with Crippen molar-refractivity contribution in [3.8, 4) is 5.75 Å². The number of hydrogen-bond donors (Lipinski definition) is 0. The molecule has 0 amide bonds. The fraction of sp³-hybridized carbons (Fsp3) is 0.364. The molecule has 1 saturated heterocycles. The van der Waals surface area contributed by atoms with Crippen LogP contribution in [0.15, 0.2) is 48.5 Å². The monoisotopic (exact) mass is 352 g/mol. The molecule has 136 valence electrons. The zero-order chi connectivity index (χ0) is 17.9. The standard InChI is InChI=1S/C22H25FN2O/c1-24-21-11-4-3-10-19(21)20(15-25-12-5-2-6-13-25)22(24)16-26-18-9-7-8-17(23)14-18/h3-4,7-11,14H,2,5-6,12-13,15-16H2,1H3. The molecule has 3 aromatic rings. The first-order valence-corrected chi connectivity index (χ1v) is 9.38. The minimum absolute atomic E-state index is 0.270. The Morgan fingerprint density at radius 2 is 1.81 bits per heavy atom. The van der Waals surface area contributed by atoms with Crippen molar-refractivity contribution in [2.24, 2.45) is 7.05 Å². The lowest BCUT2D eigenvalue weighted by atomic mass is 10.1. The Kier molecular flexibility index (Phi) is 4.93. The molecule has 1 fully saturated rings. The third-order valence-corrected chi connectivity index (χ3v) is 5.35. The van der Waals surface area contributed by atoms with Crippen molar-refractivity contribution in [1.29, 1.82) is 0 Å². The van der Waals surface area contributed by atoms with Gasteiger partial charge in [-0.05, 0) is 49.7 Å². The highest BCUT2D eigenvalue weighted by atomic mass is 19.1. The van der Waals surface area contributed by atoms with Crippen LogP contribution in [0.4, 0.5) is 4.39 Å². The van der Waals surface area contributed by atoms with Crippen molar-refractivity contribution in [3.63, 3.8) is 0 Å². The summed E-state index contributed by atoms with van der Waals surface area (Å²) in [6, 6.07) is 14.9. The van der Waals surface area contributed by atoms with Gasteiger partial charge in [0.2, 0.25) is 0 Å². The molecule has 0 radical (unpaired) electrons. The van der Waals surface area contributed by atoms with Gasteiger partial charge in [-0.15, -0.1) is 0 Å². The molecule has 0 atom stereocenters. The second kappa shape index (κ2) is 7.50. The Balaban J connectivity index is 1.65. The summed E-state index contributed by atoms with van der Waals surface area (Å²) in [6.45, 7) is 3.71. The van der Waals surface area contributed by atoms with Gasteiger partial charge in [0.1, 0.15) is 18.2 Å². The predicted octanol–water partition coefficient (Wildman–Crippen LogP) is 4.88. The van der Waals surface area contributed by atoms with Crippen molar-refractivity contribution in [3.05, 3.63) is 65.6 Å². The van der Waals surface area contributed by atoms with E-state index >= 15 is 0 Å². The molecule has 0 bridgehead atoms. The van der Waals surface area contributed by atoms with E-state index < -0.39 is 0 Å². The fourth-order valence-corrected chi connectivity index (χ4v) is 3.93. The van der Waals surface area contributed by atoms with Crippen LogP contribution in [0.2, 0.25) is 0 Å². The van der Waals surface area contributed by atoms with Gasteiger partial charge in [0.05, 0.1) is 5.69 Å².